The highest BCUT2D eigenvalue weighted by Gasteiger charge is 2.30. The van der Waals surface area contributed by atoms with Gasteiger partial charge in [0.25, 0.3) is 0 Å². The van der Waals surface area contributed by atoms with Crippen molar-refractivity contribution in [3.63, 3.8) is 0 Å². The van der Waals surface area contributed by atoms with Crippen molar-refractivity contribution in [2.45, 2.75) is 31.7 Å². The molecule has 1 aromatic rings. The third kappa shape index (κ3) is 3.37. The van der Waals surface area contributed by atoms with Crippen LogP contribution in [0.1, 0.15) is 31.2 Å². The summed E-state index contributed by atoms with van der Waals surface area (Å²) >= 11 is 0. The van der Waals surface area contributed by atoms with Crippen LogP contribution in [0, 0.1) is 17.2 Å². The fourth-order valence-electron chi connectivity index (χ4n) is 2.81. The Kier molecular flexibility index (Phi) is 4.75. The number of hydrogen-bond donors (Lipinski definition) is 1. The lowest BCUT2D eigenvalue weighted by molar-refractivity contribution is -0.123. The number of nitrogens with zero attached hydrogens (tertiary/aromatic N) is 2. The summed E-state index contributed by atoms with van der Waals surface area (Å²) in [4.78, 5) is 13.6. The molecule has 1 saturated heterocycles. The van der Waals surface area contributed by atoms with Gasteiger partial charge in [-0.25, -0.2) is 0 Å². The first-order valence-electron chi connectivity index (χ1n) is 7.09. The van der Waals surface area contributed by atoms with E-state index in [-0.39, 0.29) is 17.7 Å². The van der Waals surface area contributed by atoms with Gasteiger partial charge < -0.3 is 5.73 Å². The van der Waals surface area contributed by atoms with Gasteiger partial charge in [-0.05, 0) is 25.3 Å². The van der Waals surface area contributed by atoms with Gasteiger partial charge in [0.2, 0.25) is 5.91 Å². The van der Waals surface area contributed by atoms with Gasteiger partial charge in [0.15, 0.2) is 0 Å². The highest BCUT2D eigenvalue weighted by molar-refractivity contribution is 5.77. The van der Waals surface area contributed by atoms with Crippen molar-refractivity contribution >= 4 is 5.91 Å². The van der Waals surface area contributed by atoms with Gasteiger partial charge in [0, 0.05) is 19.1 Å². The summed E-state index contributed by atoms with van der Waals surface area (Å²) in [5, 5.41) is 9.40. The molecule has 1 aliphatic heterocycles. The average molecular weight is 271 g/mol. The maximum atomic E-state index is 11.4. The number of rotatable bonds is 4. The zero-order valence-corrected chi connectivity index (χ0v) is 11.8. The highest BCUT2D eigenvalue weighted by Crippen LogP contribution is 2.25. The molecule has 0 radical (unpaired) electrons. The molecule has 1 aliphatic rings. The number of nitrogens with two attached hydrogens (primary N) is 1. The predicted octanol–water partition coefficient (Wildman–Crippen LogP) is 1.88. The first-order valence-corrected chi connectivity index (χ1v) is 7.09. The molecule has 20 heavy (non-hydrogen) atoms. The molecule has 2 N–H and O–H groups in total. The molecule has 1 fully saturated rings. The Labute approximate surface area is 120 Å². The van der Waals surface area contributed by atoms with Crippen LogP contribution in [-0.4, -0.2) is 29.9 Å². The van der Waals surface area contributed by atoms with Gasteiger partial charge in [0.1, 0.15) is 0 Å². The Morgan fingerprint density at radius 1 is 1.45 bits per heavy atom. The minimum Gasteiger partial charge on any atom is -0.369 e. The Morgan fingerprint density at radius 3 is 2.75 bits per heavy atom. The van der Waals surface area contributed by atoms with E-state index in [0.717, 1.165) is 18.4 Å². The summed E-state index contributed by atoms with van der Waals surface area (Å²) in [5.41, 5.74) is 6.45. The standard InChI is InChI=1S/C16H21N3O/c1-12-7-8-14(16(18)20)10-19(12)11-15(9-17)13-5-3-2-4-6-13/h2-6,12,14-15H,7-8,10-11H2,1H3,(H2,18,20). The second-order valence-corrected chi connectivity index (χ2v) is 5.57. The molecule has 0 spiro atoms. The largest absolute Gasteiger partial charge is 0.369 e. The van der Waals surface area contributed by atoms with Crippen LogP contribution in [0.4, 0.5) is 0 Å². The first kappa shape index (κ1) is 14.5. The highest BCUT2D eigenvalue weighted by atomic mass is 16.1. The van der Waals surface area contributed by atoms with Crippen LogP contribution in [0.15, 0.2) is 30.3 Å². The molecule has 3 atom stereocenters. The van der Waals surface area contributed by atoms with E-state index in [4.69, 9.17) is 5.73 Å². The van der Waals surface area contributed by atoms with Gasteiger partial charge in [-0.1, -0.05) is 30.3 Å². The van der Waals surface area contributed by atoms with E-state index < -0.39 is 0 Å². The molecule has 1 amide bonds. The fraction of sp³-hybridized carbons (Fsp3) is 0.500. The smallest absolute Gasteiger partial charge is 0.221 e. The van der Waals surface area contributed by atoms with Crippen LogP contribution in [0.5, 0.6) is 0 Å². The molecule has 4 nitrogen and oxygen atoms in total. The number of primary amides is 1. The van der Waals surface area contributed by atoms with Crippen LogP contribution in [0.2, 0.25) is 0 Å². The van der Waals surface area contributed by atoms with E-state index in [2.05, 4.69) is 17.9 Å². The van der Waals surface area contributed by atoms with Crippen LogP contribution >= 0.6 is 0 Å². The molecule has 106 valence electrons. The summed E-state index contributed by atoms with van der Waals surface area (Å²) in [5.74, 6) is -0.471. The maximum Gasteiger partial charge on any atom is 0.221 e. The number of benzene rings is 1. The van der Waals surface area contributed by atoms with E-state index in [0.29, 0.717) is 19.1 Å². The second-order valence-electron chi connectivity index (χ2n) is 5.57. The zero-order chi connectivity index (χ0) is 14.5. The maximum absolute atomic E-state index is 11.4. The molecule has 4 heteroatoms. The fourth-order valence-corrected chi connectivity index (χ4v) is 2.81. The number of carbonyl (C=O) groups excluding carboxylic acids is 1. The molecule has 0 aromatic heterocycles. The minimum atomic E-state index is -0.227. The molecule has 1 heterocycles. The van der Waals surface area contributed by atoms with E-state index in [9.17, 15) is 10.1 Å². The molecular weight excluding hydrogens is 250 g/mol. The van der Waals surface area contributed by atoms with Crippen molar-refractivity contribution in [3.05, 3.63) is 35.9 Å². The summed E-state index contributed by atoms with van der Waals surface area (Å²) in [6.07, 6.45) is 1.82. The lowest BCUT2D eigenvalue weighted by atomic mass is 9.91. The van der Waals surface area contributed by atoms with Crippen molar-refractivity contribution < 1.29 is 4.79 Å². The van der Waals surface area contributed by atoms with Crippen LogP contribution < -0.4 is 5.73 Å². The van der Waals surface area contributed by atoms with Gasteiger partial charge in [-0.2, -0.15) is 5.26 Å². The van der Waals surface area contributed by atoms with Crippen LogP contribution in [0.25, 0.3) is 0 Å². The van der Waals surface area contributed by atoms with Crippen molar-refractivity contribution in [1.82, 2.24) is 4.90 Å². The quantitative estimate of drug-likeness (QED) is 0.909. The van der Waals surface area contributed by atoms with Crippen LogP contribution in [0.3, 0.4) is 0 Å². The first-order chi connectivity index (χ1) is 9.61. The zero-order valence-electron chi connectivity index (χ0n) is 11.8. The number of hydrogen-bond acceptors (Lipinski definition) is 3. The molecule has 3 unspecified atom stereocenters. The van der Waals surface area contributed by atoms with Gasteiger partial charge in [-0.15, -0.1) is 0 Å². The van der Waals surface area contributed by atoms with E-state index in [1.165, 1.54) is 0 Å². The summed E-state index contributed by atoms with van der Waals surface area (Å²) in [6, 6.07) is 12.6. The molecule has 2 rings (SSSR count). The molecule has 1 aromatic carbocycles. The SMILES string of the molecule is CC1CCC(C(N)=O)CN1CC(C#N)c1ccccc1. The van der Waals surface area contributed by atoms with Crippen molar-refractivity contribution in [2.75, 3.05) is 13.1 Å². The normalized spacial score (nSPS) is 24.8. The lowest BCUT2D eigenvalue weighted by Crippen LogP contribution is -2.47. The van der Waals surface area contributed by atoms with E-state index >= 15 is 0 Å². The average Bonchev–Trinajstić information content (AvgIpc) is 2.47. The molecule has 0 bridgehead atoms. The number of piperidine rings is 1. The Balaban J connectivity index is 2.06. The minimum absolute atomic E-state index is 0.0821. The summed E-state index contributed by atoms with van der Waals surface area (Å²) in [6.45, 7) is 3.48. The number of carbonyl (C=O) groups is 1. The topological polar surface area (TPSA) is 70.1 Å². The Bertz CT molecular complexity index is 494. The molecule has 0 aliphatic carbocycles. The van der Waals surface area contributed by atoms with Gasteiger partial charge >= 0.3 is 0 Å². The van der Waals surface area contributed by atoms with Crippen molar-refractivity contribution in [2.24, 2.45) is 11.7 Å². The third-order valence-corrected chi connectivity index (χ3v) is 4.19. The Morgan fingerprint density at radius 2 is 2.15 bits per heavy atom. The molecular formula is C16H21N3O. The van der Waals surface area contributed by atoms with Crippen molar-refractivity contribution in [3.8, 4) is 6.07 Å². The monoisotopic (exact) mass is 271 g/mol. The Hall–Kier alpha value is -1.86. The summed E-state index contributed by atoms with van der Waals surface area (Å²) < 4.78 is 0. The van der Waals surface area contributed by atoms with E-state index in [1.807, 2.05) is 30.3 Å². The number of likely N-dealkylation sites (tertiary alicyclic amines) is 1. The second kappa shape index (κ2) is 6.53. The lowest BCUT2D eigenvalue weighted by Gasteiger charge is -2.37. The van der Waals surface area contributed by atoms with Crippen molar-refractivity contribution in [1.29, 1.82) is 5.26 Å². The number of nitriles is 1. The van der Waals surface area contributed by atoms with Crippen LogP contribution in [-0.2, 0) is 4.79 Å². The predicted molar refractivity (Wildman–Crippen MR) is 77.7 cm³/mol. The third-order valence-electron chi connectivity index (χ3n) is 4.19. The van der Waals surface area contributed by atoms with E-state index in [1.54, 1.807) is 0 Å². The van der Waals surface area contributed by atoms with Gasteiger partial charge in [-0.3, -0.25) is 9.69 Å². The number of amides is 1. The molecule has 0 saturated carbocycles. The van der Waals surface area contributed by atoms with Gasteiger partial charge in [0.05, 0.1) is 17.9 Å². The summed E-state index contributed by atoms with van der Waals surface area (Å²) in [7, 11) is 0.